The third-order valence-electron chi connectivity index (χ3n) is 3.55. The molecule has 3 unspecified atom stereocenters. The van der Waals surface area contributed by atoms with E-state index in [9.17, 15) is 9.59 Å². The number of rotatable bonds is 5. The highest BCUT2D eigenvalue weighted by atomic mass is 16.4. The van der Waals surface area contributed by atoms with Crippen molar-refractivity contribution in [3.05, 3.63) is 0 Å². The van der Waals surface area contributed by atoms with E-state index in [2.05, 4.69) is 16.6 Å². The van der Waals surface area contributed by atoms with Crippen molar-refractivity contribution < 1.29 is 14.7 Å². The van der Waals surface area contributed by atoms with E-state index in [1.165, 1.54) is 0 Å². The predicted octanol–water partition coefficient (Wildman–Crippen LogP) is 1.59. The van der Waals surface area contributed by atoms with Gasteiger partial charge in [-0.2, -0.15) is 0 Å². The van der Waals surface area contributed by atoms with E-state index in [0.717, 1.165) is 19.3 Å². The average Bonchev–Trinajstić information content (AvgIpc) is 2.36. The summed E-state index contributed by atoms with van der Waals surface area (Å²) in [5.41, 5.74) is 0. The van der Waals surface area contributed by atoms with Crippen LogP contribution in [-0.4, -0.2) is 29.7 Å². The number of aliphatic carboxylic acids is 1. The molecule has 106 valence electrons. The van der Waals surface area contributed by atoms with Gasteiger partial charge in [-0.15, -0.1) is 12.3 Å². The van der Waals surface area contributed by atoms with Gasteiger partial charge in [0.15, 0.2) is 0 Å². The second kappa shape index (κ2) is 7.67. The molecule has 0 aliphatic heterocycles. The van der Waals surface area contributed by atoms with Gasteiger partial charge in [0, 0.05) is 19.0 Å². The summed E-state index contributed by atoms with van der Waals surface area (Å²) < 4.78 is 0. The Morgan fingerprint density at radius 2 is 2.11 bits per heavy atom. The number of carboxylic acid groups (broad SMARTS) is 1. The Morgan fingerprint density at radius 3 is 2.74 bits per heavy atom. The van der Waals surface area contributed by atoms with E-state index in [1.54, 1.807) is 0 Å². The van der Waals surface area contributed by atoms with Crippen LogP contribution in [0, 0.1) is 24.2 Å². The van der Waals surface area contributed by atoms with Crippen molar-refractivity contribution in [2.45, 2.75) is 45.1 Å². The summed E-state index contributed by atoms with van der Waals surface area (Å²) in [7, 11) is 0. The van der Waals surface area contributed by atoms with Crippen LogP contribution in [0.2, 0.25) is 0 Å². The number of hydrogen-bond acceptors (Lipinski definition) is 2. The van der Waals surface area contributed by atoms with Gasteiger partial charge in [-0.3, -0.25) is 4.79 Å². The van der Waals surface area contributed by atoms with E-state index >= 15 is 0 Å². The van der Waals surface area contributed by atoms with Crippen LogP contribution in [0.25, 0.3) is 0 Å². The van der Waals surface area contributed by atoms with E-state index in [-0.39, 0.29) is 23.9 Å². The number of carbonyl (C=O) groups excluding carboxylic acids is 1. The Labute approximate surface area is 114 Å². The minimum absolute atomic E-state index is 0.0277. The number of carbonyl (C=O) groups is 2. The standard InChI is InChI=1S/C14H22N2O3/c1-3-6-10(2)16-14(19)15-9-11-7-4-5-8-12(11)13(17)18/h1,10-12H,4-9H2,2H3,(H,17,18)(H2,15,16,19). The van der Waals surface area contributed by atoms with Gasteiger partial charge in [0.2, 0.25) is 0 Å². The van der Waals surface area contributed by atoms with Gasteiger partial charge < -0.3 is 15.7 Å². The van der Waals surface area contributed by atoms with Gasteiger partial charge in [-0.05, 0) is 25.7 Å². The van der Waals surface area contributed by atoms with Gasteiger partial charge in [0.1, 0.15) is 0 Å². The zero-order chi connectivity index (χ0) is 14.3. The largest absolute Gasteiger partial charge is 0.481 e. The fraction of sp³-hybridized carbons (Fsp3) is 0.714. The Balaban J connectivity index is 2.36. The first-order chi connectivity index (χ1) is 9.04. The molecule has 0 heterocycles. The minimum Gasteiger partial charge on any atom is -0.481 e. The maximum Gasteiger partial charge on any atom is 0.315 e. The van der Waals surface area contributed by atoms with Crippen molar-refractivity contribution in [2.75, 3.05) is 6.54 Å². The second-order valence-corrected chi connectivity index (χ2v) is 5.15. The number of terminal acetylenes is 1. The molecule has 2 amide bonds. The molecule has 0 aromatic heterocycles. The third-order valence-corrected chi connectivity index (χ3v) is 3.55. The normalized spacial score (nSPS) is 24.0. The van der Waals surface area contributed by atoms with Crippen LogP contribution in [0.1, 0.15) is 39.0 Å². The molecule has 1 rings (SSSR count). The fourth-order valence-corrected chi connectivity index (χ4v) is 2.50. The molecule has 1 aliphatic carbocycles. The van der Waals surface area contributed by atoms with Gasteiger partial charge >= 0.3 is 12.0 Å². The van der Waals surface area contributed by atoms with E-state index in [1.807, 2.05) is 6.92 Å². The van der Waals surface area contributed by atoms with E-state index < -0.39 is 5.97 Å². The molecule has 5 heteroatoms. The summed E-state index contributed by atoms with van der Waals surface area (Å²) in [5, 5.41) is 14.6. The van der Waals surface area contributed by atoms with Crippen molar-refractivity contribution in [1.29, 1.82) is 0 Å². The van der Waals surface area contributed by atoms with Crippen molar-refractivity contribution in [2.24, 2.45) is 11.8 Å². The summed E-state index contributed by atoms with van der Waals surface area (Å²) in [5.74, 6) is 1.42. The second-order valence-electron chi connectivity index (χ2n) is 5.15. The molecule has 0 aromatic carbocycles. The number of urea groups is 1. The van der Waals surface area contributed by atoms with E-state index in [4.69, 9.17) is 11.5 Å². The van der Waals surface area contributed by atoms with Gasteiger partial charge in [0.05, 0.1) is 5.92 Å². The summed E-state index contributed by atoms with van der Waals surface area (Å²) >= 11 is 0. The average molecular weight is 266 g/mol. The first-order valence-electron chi connectivity index (χ1n) is 6.75. The smallest absolute Gasteiger partial charge is 0.315 e. The molecule has 0 spiro atoms. The topological polar surface area (TPSA) is 78.4 Å². The minimum atomic E-state index is -0.757. The monoisotopic (exact) mass is 266 g/mol. The van der Waals surface area contributed by atoms with Gasteiger partial charge in [-0.1, -0.05) is 12.8 Å². The molecule has 0 saturated heterocycles. The van der Waals surface area contributed by atoms with Crippen LogP contribution in [-0.2, 0) is 4.79 Å². The van der Waals surface area contributed by atoms with Crippen molar-refractivity contribution in [3.8, 4) is 12.3 Å². The lowest BCUT2D eigenvalue weighted by molar-refractivity contribution is -0.144. The van der Waals surface area contributed by atoms with Crippen molar-refractivity contribution >= 4 is 12.0 Å². The Kier molecular flexibility index (Phi) is 6.20. The molecule has 19 heavy (non-hydrogen) atoms. The van der Waals surface area contributed by atoms with Gasteiger partial charge in [-0.25, -0.2) is 4.79 Å². The quantitative estimate of drug-likeness (QED) is 0.661. The highest BCUT2D eigenvalue weighted by Crippen LogP contribution is 2.29. The number of nitrogens with one attached hydrogen (secondary N) is 2. The first-order valence-corrected chi connectivity index (χ1v) is 6.75. The number of carboxylic acids is 1. The maximum atomic E-state index is 11.6. The molecule has 1 saturated carbocycles. The van der Waals surface area contributed by atoms with E-state index in [0.29, 0.717) is 19.4 Å². The van der Waals surface area contributed by atoms with Crippen LogP contribution in [0.15, 0.2) is 0 Å². The molecule has 3 atom stereocenters. The molecule has 0 bridgehead atoms. The third kappa shape index (κ3) is 5.21. The molecule has 3 N–H and O–H groups in total. The van der Waals surface area contributed by atoms with Crippen LogP contribution in [0.5, 0.6) is 0 Å². The summed E-state index contributed by atoms with van der Waals surface area (Å²) in [4.78, 5) is 22.7. The number of amides is 2. The van der Waals surface area contributed by atoms with Crippen molar-refractivity contribution in [1.82, 2.24) is 10.6 Å². The molecule has 0 aromatic rings. The Bertz CT molecular complexity index is 362. The zero-order valence-corrected chi connectivity index (χ0v) is 11.3. The van der Waals surface area contributed by atoms with Crippen LogP contribution < -0.4 is 10.6 Å². The lowest BCUT2D eigenvalue weighted by Gasteiger charge is -2.28. The van der Waals surface area contributed by atoms with Crippen molar-refractivity contribution in [3.63, 3.8) is 0 Å². The molecule has 5 nitrogen and oxygen atoms in total. The fourth-order valence-electron chi connectivity index (χ4n) is 2.50. The maximum absolute atomic E-state index is 11.6. The zero-order valence-electron chi connectivity index (χ0n) is 11.3. The lowest BCUT2D eigenvalue weighted by atomic mass is 9.79. The van der Waals surface area contributed by atoms with Crippen LogP contribution in [0.3, 0.4) is 0 Å². The lowest BCUT2D eigenvalue weighted by Crippen LogP contribution is -2.44. The van der Waals surface area contributed by atoms with Gasteiger partial charge in [0.25, 0.3) is 0 Å². The number of hydrogen-bond donors (Lipinski definition) is 3. The first kappa shape index (κ1) is 15.4. The molecule has 0 radical (unpaired) electrons. The Morgan fingerprint density at radius 1 is 1.42 bits per heavy atom. The van der Waals surface area contributed by atoms with Crippen LogP contribution in [0.4, 0.5) is 4.79 Å². The Hall–Kier alpha value is -1.70. The molecule has 1 fully saturated rings. The SMILES string of the molecule is C#CCC(C)NC(=O)NCC1CCCCC1C(=O)O. The summed E-state index contributed by atoms with van der Waals surface area (Å²) in [6.45, 7) is 2.24. The molecular weight excluding hydrogens is 244 g/mol. The highest BCUT2D eigenvalue weighted by molar-refractivity contribution is 5.74. The molecular formula is C14H22N2O3. The summed E-state index contributed by atoms with van der Waals surface area (Å²) in [6, 6.07) is -0.357. The predicted molar refractivity (Wildman–Crippen MR) is 72.5 cm³/mol. The summed E-state index contributed by atoms with van der Waals surface area (Å²) in [6.07, 6.45) is 9.19. The van der Waals surface area contributed by atoms with Crippen LogP contribution >= 0.6 is 0 Å². The highest BCUT2D eigenvalue weighted by Gasteiger charge is 2.30. The molecule has 1 aliphatic rings.